The second-order valence-corrected chi connectivity index (χ2v) is 4.20. The molecule has 1 aromatic rings. The number of nitrogens with two attached hydrogens (primary N) is 1. The van der Waals surface area contributed by atoms with Crippen LogP contribution in [-0.4, -0.2) is 36.3 Å². The Hall–Kier alpha value is -1.11. The first-order chi connectivity index (χ1) is 8.10. The highest BCUT2D eigenvalue weighted by Gasteiger charge is 2.16. The largest absolute Gasteiger partial charge is 0.383 e. The minimum Gasteiger partial charge on any atom is -0.383 e. The maximum atomic E-state index is 6.09. The number of rotatable bonds is 6. The fourth-order valence-corrected chi connectivity index (χ4v) is 1.63. The number of hydrazine groups is 1. The van der Waals surface area contributed by atoms with E-state index in [1.165, 1.54) is 6.20 Å². The van der Waals surface area contributed by atoms with Crippen LogP contribution in [0.25, 0.3) is 0 Å². The molecule has 1 rings (SSSR count). The maximum absolute atomic E-state index is 6.09. The van der Waals surface area contributed by atoms with Crippen LogP contribution < -0.4 is 16.2 Å². The van der Waals surface area contributed by atoms with Gasteiger partial charge in [-0.25, -0.2) is 10.8 Å². The normalized spacial score (nSPS) is 10.7. The van der Waals surface area contributed by atoms with E-state index in [0.717, 1.165) is 0 Å². The Labute approximate surface area is 106 Å². The lowest BCUT2D eigenvalue weighted by molar-refractivity contribution is 0.203. The molecule has 96 valence electrons. The van der Waals surface area contributed by atoms with E-state index in [1.54, 1.807) is 7.11 Å². The van der Waals surface area contributed by atoms with Crippen molar-refractivity contribution in [1.29, 1.82) is 0 Å². The van der Waals surface area contributed by atoms with Crippen LogP contribution >= 0.6 is 11.6 Å². The second-order valence-electron chi connectivity index (χ2n) is 3.79. The lowest BCUT2D eigenvalue weighted by Gasteiger charge is -2.28. The highest BCUT2D eigenvalue weighted by molar-refractivity contribution is 6.32. The summed E-state index contributed by atoms with van der Waals surface area (Å²) in [5.41, 5.74) is 2.41. The van der Waals surface area contributed by atoms with Crippen LogP contribution in [0, 0.1) is 0 Å². The third-order valence-electron chi connectivity index (χ3n) is 2.29. The molecule has 3 N–H and O–H groups in total. The van der Waals surface area contributed by atoms with Gasteiger partial charge in [-0.3, -0.25) is 5.43 Å². The molecule has 0 fully saturated rings. The highest BCUT2D eigenvalue weighted by Crippen LogP contribution is 2.24. The summed E-state index contributed by atoms with van der Waals surface area (Å²) < 4.78 is 5.07. The van der Waals surface area contributed by atoms with Gasteiger partial charge in [-0.15, -0.1) is 0 Å². The fourth-order valence-electron chi connectivity index (χ4n) is 1.43. The number of hydrogen-bond donors (Lipinski definition) is 2. The van der Waals surface area contributed by atoms with Crippen molar-refractivity contribution in [2.45, 2.75) is 19.9 Å². The fraction of sp³-hybridized carbons (Fsp3) is 0.600. The van der Waals surface area contributed by atoms with Crippen molar-refractivity contribution in [3.05, 3.63) is 11.2 Å². The average Bonchev–Trinajstić information content (AvgIpc) is 2.31. The average molecular weight is 260 g/mol. The number of hydrogen-bond acceptors (Lipinski definition) is 6. The van der Waals surface area contributed by atoms with E-state index in [0.29, 0.717) is 29.9 Å². The standard InChI is InChI=1S/C10H18ClN5O/c1-7(2)16(4-5-17-3)9-8(11)6-13-10(14-9)15-12/h6-7H,4-5,12H2,1-3H3,(H,13,14,15). The Kier molecular flexibility index (Phi) is 5.40. The van der Waals surface area contributed by atoms with Crippen LogP contribution in [0.5, 0.6) is 0 Å². The Morgan fingerprint density at radius 1 is 1.59 bits per heavy atom. The summed E-state index contributed by atoms with van der Waals surface area (Å²) in [6.07, 6.45) is 1.53. The molecule has 7 heteroatoms. The van der Waals surface area contributed by atoms with Gasteiger partial charge in [0.1, 0.15) is 5.02 Å². The molecule has 6 nitrogen and oxygen atoms in total. The summed E-state index contributed by atoms with van der Waals surface area (Å²) in [6.45, 7) is 5.42. The lowest BCUT2D eigenvalue weighted by Crippen LogP contribution is -2.35. The van der Waals surface area contributed by atoms with Gasteiger partial charge in [0, 0.05) is 19.7 Å². The predicted octanol–water partition coefficient (Wildman–Crippen LogP) is 1.28. The first-order valence-electron chi connectivity index (χ1n) is 5.35. The van der Waals surface area contributed by atoms with Crippen molar-refractivity contribution in [3.8, 4) is 0 Å². The van der Waals surface area contributed by atoms with Crippen molar-refractivity contribution < 1.29 is 4.74 Å². The Morgan fingerprint density at radius 2 is 2.29 bits per heavy atom. The van der Waals surface area contributed by atoms with Crippen LogP contribution in [-0.2, 0) is 4.74 Å². The van der Waals surface area contributed by atoms with E-state index in [2.05, 4.69) is 29.2 Å². The van der Waals surface area contributed by atoms with Gasteiger partial charge in [-0.2, -0.15) is 4.98 Å². The first kappa shape index (κ1) is 14.0. The molecule has 0 atom stereocenters. The lowest BCUT2D eigenvalue weighted by atomic mass is 10.3. The van der Waals surface area contributed by atoms with Gasteiger partial charge in [-0.05, 0) is 13.8 Å². The van der Waals surface area contributed by atoms with Crippen LogP contribution in [0.1, 0.15) is 13.8 Å². The molecule has 0 saturated heterocycles. The van der Waals surface area contributed by atoms with Crippen LogP contribution in [0.4, 0.5) is 11.8 Å². The number of aromatic nitrogens is 2. The highest BCUT2D eigenvalue weighted by atomic mass is 35.5. The van der Waals surface area contributed by atoms with Gasteiger partial charge < -0.3 is 9.64 Å². The molecule has 0 aliphatic carbocycles. The van der Waals surface area contributed by atoms with E-state index in [1.807, 2.05) is 4.90 Å². The molecule has 0 aromatic carbocycles. The Morgan fingerprint density at radius 3 is 2.82 bits per heavy atom. The van der Waals surface area contributed by atoms with Crippen molar-refractivity contribution in [3.63, 3.8) is 0 Å². The third kappa shape index (κ3) is 3.69. The van der Waals surface area contributed by atoms with Gasteiger partial charge in [0.15, 0.2) is 5.82 Å². The smallest absolute Gasteiger partial charge is 0.239 e. The monoisotopic (exact) mass is 259 g/mol. The number of methoxy groups -OCH3 is 1. The summed E-state index contributed by atoms with van der Waals surface area (Å²) in [7, 11) is 1.66. The molecular weight excluding hydrogens is 242 g/mol. The van der Waals surface area contributed by atoms with E-state index < -0.39 is 0 Å². The Balaban J connectivity index is 2.99. The number of nitrogens with one attached hydrogen (secondary N) is 1. The number of halogens is 1. The molecule has 1 heterocycles. The molecule has 0 amide bonds. The summed E-state index contributed by atoms with van der Waals surface area (Å²) in [5.74, 6) is 6.28. The molecular formula is C10H18ClN5O. The van der Waals surface area contributed by atoms with Gasteiger partial charge in [0.25, 0.3) is 0 Å². The molecule has 1 aromatic heterocycles. The third-order valence-corrected chi connectivity index (χ3v) is 2.55. The number of anilines is 2. The quantitative estimate of drug-likeness (QED) is 0.592. The van der Waals surface area contributed by atoms with Crippen LogP contribution in [0.3, 0.4) is 0 Å². The predicted molar refractivity (Wildman–Crippen MR) is 69.2 cm³/mol. The second kappa shape index (κ2) is 6.58. The van der Waals surface area contributed by atoms with Crippen molar-refractivity contribution >= 4 is 23.4 Å². The minimum atomic E-state index is 0.253. The molecule has 0 aliphatic heterocycles. The van der Waals surface area contributed by atoms with Gasteiger partial charge >= 0.3 is 0 Å². The molecule has 0 saturated carbocycles. The summed E-state index contributed by atoms with van der Waals surface area (Å²) >= 11 is 6.09. The zero-order valence-corrected chi connectivity index (χ0v) is 11.0. The zero-order chi connectivity index (χ0) is 12.8. The van der Waals surface area contributed by atoms with E-state index in [-0.39, 0.29) is 6.04 Å². The van der Waals surface area contributed by atoms with Gasteiger partial charge in [0.05, 0.1) is 12.8 Å². The SMILES string of the molecule is COCCN(c1nc(NN)ncc1Cl)C(C)C. The molecule has 0 bridgehead atoms. The van der Waals surface area contributed by atoms with Crippen molar-refractivity contribution in [1.82, 2.24) is 9.97 Å². The van der Waals surface area contributed by atoms with Crippen LogP contribution in [0.15, 0.2) is 6.20 Å². The van der Waals surface area contributed by atoms with Crippen molar-refractivity contribution in [2.75, 3.05) is 30.6 Å². The zero-order valence-electron chi connectivity index (χ0n) is 10.3. The van der Waals surface area contributed by atoms with E-state index >= 15 is 0 Å². The molecule has 0 unspecified atom stereocenters. The van der Waals surface area contributed by atoms with E-state index in [9.17, 15) is 0 Å². The van der Waals surface area contributed by atoms with Crippen molar-refractivity contribution in [2.24, 2.45) is 5.84 Å². The number of nitrogens with zero attached hydrogens (tertiary/aromatic N) is 3. The molecule has 0 spiro atoms. The summed E-state index contributed by atoms with van der Waals surface area (Å²) in [6, 6.07) is 0.253. The molecule has 17 heavy (non-hydrogen) atoms. The summed E-state index contributed by atoms with van der Waals surface area (Å²) in [5, 5.41) is 0.494. The Bertz CT molecular complexity index is 361. The van der Waals surface area contributed by atoms with Gasteiger partial charge in [-0.1, -0.05) is 11.6 Å². The van der Waals surface area contributed by atoms with E-state index in [4.69, 9.17) is 22.2 Å². The first-order valence-corrected chi connectivity index (χ1v) is 5.72. The van der Waals surface area contributed by atoms with Gasteiger partial charge in [0.2, 0.25) is 5.95 Å². The molecule has 0 radical (unpaired) electrons. The topological polar surface area (TPSA) is 76.3 Å². The minimum absolute atomic E-state index is 0.253. The number of ether oxygens (including phenoxy) is 1. The maximum Gasteiger partial charge on any atom is 0.239 e. The van der Waals surface area contributed by atoms with Crippen LogP contribution in [0.2, 0.25) is 5.02 Å². The summed E-state index contributed by atoms with van der Waals surface area (Å²) in [4.78, 5) is 10.2. The number of nitrogen functional groups attached to an aromatic ring is 1. The molecule has 0 aliphatic rings.